The van der Waals surface area contributed by atoms with Crippen LogP contribution in [0.4, 0.5) is 4.39 Å². The van der Waals surface area contributed by atoms with Crippen LogP contribution in [0.25, 0.3) is 11.5 Å². The fraction of sp³-hybridized carbons (Fsp3) is 0.273. The standard InChI is InChI=1S/C22H25FN4OS.HI/c1-3-24-22(25-12-17-9-10-19(23)11-18(17)15-29-2)26-13-20-14-28-21(27-20)16-7-5-4-6-8-16;/h4-11,14H,3,12-13,15H2,1-2H3,(H2,24,25,26);1H. The molecular formula is C22H26FIN4OS. The molecule has 160 valence electrons. The second-order valence-electron chi connectivity index (χ2n) is 6.40. The molecule has 0 amide bonds. The third-order valence-corrected chi connectivity index (χ3v) is 4.83. The lowest BCUT2D eigenvalue weighted by Gasteiger charge is -2.11. The van der Waals surface area contributed by atoms with Gasteiger partial charge in [-0.1, -0.05) is 24.3 Å². The number of rotatable bonds is 8. The minimum absolute atomic E-state index is 0. The molecule has 1 heterocycles. The van der Waals surface area contributed by atoms with Crippen LogP contribution in [0.1, 0.15) is 23.7 Å². The maximum Gasteiger partial charge on any atom is 0.226 e. The molecule has 5 nitrogen and oxygen atoms in total. The van der Waals surface area contributed by atoms with E-state index in [-0.39, 0.29) is 29.8 Å². The highest BCUT2D eigenvalue weighted by molar-refractivity contribution is 14.0. The molecule has 0 atom stereocenters. The van der Waals surface area contributed by atoms with Gasteiger partial charge in [-0.15, -0.1) is 24.0 Å². The van der Waals surface area contributed by atoms with E-state index in [0.29, 0.717) is 24.9 Å². The van der Waals surface area contributed by atoms with Crippen LogP contribution in [-0.4, -0.2) is 23.7 Å². The van der Waals surface area contributed by atoms with Crippen molar-refractivity contribution in [1.82, 2.24) is 15.6 Å². The van der Waals surface area contributed by atoms with Crippen LogP contribution in [0, 0.1) is 5.82 Å². The topological polar surface area (TPSA) is 62.5 Å². The number of benzene rings is 2. The van der Waals surface area contributed by atoms with E-state index >= 15 is 0 Å². The van der Waals surface area contributed by atoms with Gasteiger partial charge in [0.15, 0.2) is 5.96 Å². The first kappa shape index (κ1) is 24.2. The van der Waals surface area contributed by atoms with E-state index in [9.17, 15) is 4.39 Å². The number of hydrogen-bond donors (Lipinski definition) is 2. The molecule has 0 unspecified atom stereocenters. The molecule has 0 saturated carbocycles. The van der Waals surface area contributed by atoms with Gasteiger partial charge < -0.3 is 15.1 Å². The number of thioether (sulfide) groups is 1. The van der Waals surface area contributed by atoms with Gasteiger partial charge in [-0.2, -0.15) is 11.8 Å². The van der Waals surface area contributed by atoms with E-state index in [4.69, 9.17) is 4.42 Å². The summed E-state index contributed by atoms with van der Waals surface area (Å²) in [7, 11) is 0. The van der Waals surface area contributed by atoms with Crippen molar-refractivity contribution < 1.29 is 8.81 Å². The molecule has 0 aliphatic rings. The smallest absolute Gasteiger partial charge is 0.226 e. The Labute approximate surface area is 198 Å². The maximum absolute atomic E-state index is 13.5. The van der Waals surface area contributed by atoms with Crippen LogP contribution >= 0.6 is 35.7 Å². The molecule has 30 heavy (non-hydrogen) atoms. The van der Waals surface area contributed by atoms with Crippen molar-refractivity contribution in [3.63, 3.8) is 0 Å². The molecule has 0 aliphatic heterocycles. The molecule has 3 rings (SSSR count). The summed E-state index contributed by atoms with van der Waals surface area (Å²) in [5.41, 5.74) is 3.73. The molecule has 3 aromatic rings. The summed E-state index contributed by atoms with van der Waals surface area (Å²) in [6, 6.07) is 14.7. The molecule has 2 N–H and O–H groups in total. The van der Waals surface area contributed by atoms with E-state index in [1.165, 1.54) is 6.07 Å². The Bertz CT molecular complexity index is 949. The number of nitrogens with zero attached hydrogens (tertiary/aromatic N) is 2. The molecule has 2 aromatic carbocycles. The molecule has 0 aliphatic carbocycles. The number of aliphatic imine (C=N–C) groups is 1. The summed E-state index contributed by atoms with van der Waals surface area (Å²) >= 11 is 1.67. The Hall–Kier alpha value is -2.07. The lowest BCUT2D eigenvalue weighted by atomic mass is 10.1. The van der Waals surface area contributed by atoms with E-state index in [2.05, 4.69) is 20.6 Å². The Morgan fingerprint density at radius 2 is 1.93 bits per heavy atom. The normalized spacial score (nSPS) is 11.1. The van der Waals surface area contributed by atoms with Gasteiger partial charge >= 0.3 is 0 Å². The molecule has 0 saturated heterocycles. The van der Waals surface area contributed by atoms with Crippen LogP contribution in [0.5, 0.6) is 0 Å². The highest BCUT2D eigenvalue weighted by atomic mass is 127. The molecule has 0 radical (unpaired) electrons. The van der Waals surface area contributed by atoms with Gasteiger partial charge in [-0.3, -0.25) is 0 Å². The number of nitrogens with one attached hydrogen (secondary N) is 2. The third-order valence-electron chi connectivity index (χ3n) is 4.23. The molecule has 0 bridgehead atoms. The molecule has 0 spiro atoms. The predicted octanol–water partition coefficient (Wildman–Crippen LogP) is 5.22. The number of hydrogen-bond acceptors (Lipinski definition) is 4. The second-order valence-corrected chi connectivity index (χ2v) is 7.27. The fourth-order valence-electron chi connectivity index (χ4n) is 2.82. The van der Waals surface area contributed by atoms with Gasteiger partial charge in [0, 0.05) is 17.9 Å². The molecule has 8 heteroatoms. The SMILES string of the molecule is CCNC(=NCc1ccc(F)cc1CSC)NCc1coc(-c2ccccc2)n1.I. The molecular weight excluding hydrogens is 514 g/mol. The van der Waals surface area contributed by atoms with Gasteiger partial charge in [-0.25, -0.2) is 14.4 Å². The second kappa shape index (κ2) is 12.6. The van der Waals surface area contributed by atoms with Crippen molar-refractivity contribution in [3.8, 4) is 11.5 Å². The average Bonchev–Trinajstić information content (AvgIpc) is 3.21. The summed E-state index contributed by atoms with van der Waals surface area (Å²) in [5, 5.41) is 6.50. The first-order chi connectivity index (χ1) is 14.2. The first-order valence-corrected chi connectivity index (χ1v) is 10.9. The van der Waals surface area contributed by atoms with Gasteiger partial charge in [0.1, 0.15) is 12.1 Å². The number of aromatic nitrogens is 1. The summed E-state index contributed by atoms with van der Waals surface area (Å²) < 4.78 is 19.1. The highest BCUT2D eigenvalue weighted by Gasteiger charge is 2.08. The lowest BCUT2D eigenvalue weighted by molar-refractivity contribution is 0.572. The zero-order chi connectivity index (χ0) is 20.5. The van der Waals surface area contributed by atoms with Gasteiger partial charge in [-0.05, 0) is 48.6 Å². The molecule has 1 aromatic heterocycles. The largest absolute Gasteiger partial charge is 0.444 e. The average molecular weight is 540 g/mol. The number of oxazole rings is 1. The highest BCUT2D eigenvalue weighted by Crippen LogP contribution is 2.19. The summed E-state index contributed by atoms with van der Waals surface area (Å²) in [4.78, 5) is 9.16. The third kappa shape index (κ3) is 7.02. The summed E-state index contributed by atoms with van der Waals surface area (Å²) in [5.74, 6) is 1.81. The monoisotopic (exact) mass is 540 g/mol. The van der Waals surface area contributed by atoms with Gasteiger partial charge in [0.05, 0.1) is 18.8 Å². The van der Waals surface area contributed by atoms with Crippen LogP contribution < -0.4 is 10.6 Å². The minimum Gasteiger partial charge on any atom is -0.444 e. The zero-order valence-corrected chi connectivity index (χ0v) is 20.2. The van der Waals surface area contributed by atoms with Crippen molar-refractivity contribution in [2.45, 2.75) is 25.8 Å². The number of guanidine groups is 1. The van der Waals surface area contributed by atoms with Crippen molar-refractivity contribution in [3.05, 3.63) is 77.4 Å². The van der Waals surface area contributed by atoms with E-state index in [1.807, 2.05) is 43.5 Å². The maximum atomic E-state index is 13.5. The van der Waals surface area contributed by atoms with Crippen LogP contribution in [-0.2, 0) is 18.8 Å². The lowest BCUT2D eigenvalue weighted by Crippen LogP contribution is -2.36. The first-order valence-electron chi connectivity index (χ1n) is 9.48. The summed E-state index contributed by atoms with van der Waals surface area (Å²) in [6.45, 7) is 3.71. The quantitative estimate of drug-likeness (QED) is 0.233. The van der Waals surface area contributed by atoms with Crippen LogP contribution in [0.15, 0.2) is 64.2 Å². The fourth-order valence-corrected chi connectivity index (χ4v) is 3.40. The van der Waals surface area contributed by atoms with Crippen LogP contribution in [0.3, 0.4) is 0 Å². The van der Waals surface area contributed by atoms with E-state index in [1.54, 1.807) is 30.2 Å². The van der Waals surface area contributed by atoms with Crippen molar-refractivity contribution in [2.75, 3.05) is 12.8 Å². The van der Waals surface area contributed by atoms with Gasteiger partial charge in [0.2, 0.25) is 5.89 Å². The van der Waals surface area contributed by atoms with Gasteiger partial charge in [0.25, 0.3) is 0 Å². The minimum atomic E-state index is -0.216. The summed E-state index contributed by atoms with van der Waals surface area (Å²) in [6.07, 6.45) is 3.65. The number of halogens is 2. The Kier molecular flexibility index (Phi) is 10.2. The Morgan fingerprint density at radius 3 is 2.67 bits per heavy atom. The Balaban J connectivity index is 0.00000320. The van der Waals surface area contributed by atoms with Crippen molar-refractivity contribution in [1.29, 1.82) is 0 Å². The Morgan fingerprint density at radius 1 is 1.13 bits per heavy atom. The molecule has 0 fully saturated rings. The van der Waals surface area contributed by atoms with Crippen molar-refractivity contribution >= 4 is 41.7 Å². The van der Waals surface area contributed by atoms with E-state index in [0.717, 1.165) is 34.7 Å². The van der Waals surface area contributed by atoms with Crippen LogP contribution in [0.2, 0.25) is 0 Å². The van der Waals surface area contributed by atoms with E-state index < -0.39 is 0 Å². The van der Waals surface area contributed by atoms with Crippen molar-refractivity contribution in [2.24, 2.45) is 4.99 Å². The zero-order valence-electron chi connectivity index (χ0n) is 17.0. The predicted molar refractivity (Wildman–Crippen MR) is 133 cm³/mol.